The highest BCUT2D eigenvalue weighted by atomic mass is 33.1. The van der Waals surface area contributed by atoms with Gasteiger partial charge in [-0.25, -0.2) is 4.98 Å². The molecule has 1 aromatic heterocycles. The first-order valence-corrected chi connectivity index (χ1v) is 13.4. The number of aryl methyl sites for hydroxylation is 1. The van der Waals surface area contributed by atoms with Crippen LogP contribution in [-0.4, -0.2) is 38.5 Å². The van der Waals surface area contributed by atoms with Gasteiger partial charge in [0, 0.05) is 24.5 Å². The summed E-state index contributed by atoms with van der Waals surface area (Å²) >= 11 is 1.81. The average Bonchev–Trinajstić information content (AvgIpc) is 3.31. The highest BCUT2D eigenvalue weighted by molar-refractivity contribution is 8.77. The Labute approximate surface area is 174 Å². The lowest BCUT2D eigenvalue weighted by atomic mass is 10.1. The fraction of sp³-hybridized carbons (Fsp3) is 0.600. The number of para-hydroxylation sites is 2. The van der Waals surface area contributed by atoms with E-state index in [4.69, 9.17) is 4.98 Å². The standard InChI is InChI=1S/C20H29N3OS3/c1-23-18-9-5-4-8-16(18)22-20(23)17(12-13-25-2)21-19(24)10-6-3-7-15-11-14-26-27-15/h4-5,8-9,15,17H,3,6-7,10-14H2,1-2H3,(H,21,24)/t15-,17-/m0/s1. The zero-order chi connectivity index (χ0) is 19.1. The van der Waals surface area contributed by atoms with Crippen LogP contribution >= 0.6 is 33.3 Å². The van der Waals surface area contributed by atoms with E-state index in [1.165, 1.54) is 18.6 Å². The minimum absolute atomic E-state index is 0.0239. The highest BCUT2D eigenvalue weighted by Gasteiger charge is 2.21. The summed E-state index contributed by atoms with van der Waals surface area (Å²) in [5.41, 5.74) is 2.10. The molecule has 0 saturated carbocycles. The van der Waals surface area contributed by atoms with Crippen LogP contribution in [0.2, 0.25) is 0 Å². The van der Waals surface area contributed by atoms with Crippen molar-refractivity contribution in [3.63, 3.8) is 0 Å². The lowest BCUT2D eigenvalue weighted by Gasteiger charge is -2.18. The third kappa shape index (κ3) is 5.84. The zero-order valence-electron chi connectivity index (χ0n) is 16.1. The molecule has 0 spiro atoms. The topological polar surface area (TPSA) is 46.9 Å². The van der Waals surface area contributed by atoms with Crippen LogP contribution in [0.3, 0.4) is 0 Å². The molecule has 1 aromatic carbocycles. The van der Waals surface area contributed by atoms with Crippen LogP contribution in [0.15, 0.2) is 24.3 Å². The maximum Gasteiger partial charge on any atom is 0.220 e. The Morgan fingerprint density at radius 1 is 1.41 bits per heavy atom. The van der Waals surface area contributed by atoms with Gasteiger partial charge in [-0.15, -0.1) is 0 Å². The van der Waals surface area contributed by atoms with Gasteiger partial charge in [0.05, 0.1) is 17.1 Å². The molecule has 0 radical (unpaired) electrons. The number of hydrogen-bond acceptors (Lipinski definition) is 5. The Morgan fingerprint density at radius 3 is 3.00 bits per heavy atom. The Bertz CT molecular complexity index is 743. The first kappa shape index (κ1) is 20.9. The molecular weight excluding hydrogens is 394 g/mol. The predicted octanol–water partition coefficient (Wildman–Crippen LogP) is 5.20. The van der Waals surface area contributed by atoms with E-state index in [1.54, 1.807) is 0 Å². The van der Waals surface area contributed by atoms with Crippen molar-refractivity contribution in [1.29, 1.82) is 0 Å². The number of carbonyl (C=O) groups excluding carboxylic acids is 1. The molecule has 1 aliphatic rings. The van der Waals surface area contributed by atoms with E-state index in [-0.39, 0.29) is 11.9 Å². The van der Waals surface area contributed by atoms with Crippen molar-refractivity contribution in [2.24, 2.45) is 7.05 Å². The summed E-state index contributed by atoms with van der Waals surface area (Å²) in [4.78, 5) is 17.3. The molecule has 3 rings (SSSR count). The fourth-order valence-corrected chi connectivity index (χ4v) is 6.96. The number of fused-ring (bicyclic) bond motifs is 1. The van der Waals surface area contributed by atoms with Crippen LogP contribution in [0.5, 0.6) is 0 Å². The van der Waals surface area contributed by atoms with Crippen molar-refractivity contribution in [2.45, 2.75) is 49.8 Å². The summed E-state index contributed by atoms with van der Waals surface area (Å²) in [5.74, 6) is 3.40. The normalized spacial score (nSPS) is 18.1. The number of nitrogens with one attached hydrogen (secondary N) is 1. The second-order valence-corrected chi connectivity index (χ2v) is 10.8. The Hall–Kier alpha value is -0.790. The summed E-state index contributed by atoms with van der Waals surface area (Å²) in [5, 5.41) is 4.05. The van der Waals surface area contributed by atoms with Crippen LogP contribution in [0, 0.1) is 0 Å². The second kappa shape index (κ2) is 10.7. The molecule has 0 unspecified atom stereocenters. The Balaban J connectivity index is 1.56. The van der Waals surface area contributed by atoms with Crippen LogP contribution in [0.1, 0.15) is 50.4 Å². The maximum atomic E-state index is 12.5. The van der Waals surface area contributed by atoms with Gasteiger partial charge in [-0.2, -0.15) is 11.8 Å². The van der Waals surface area contributed by atoms with Crippen LogP contribution in [0.4, 0.5) is 0 Å². The van der Waals surface area contributed by atoms with E-state index < -0.39 is 0 Å². The largest absolute Gasteiger partial charge is 0.346 e. The number of carbonyl (C=O) groups is 1. The number of hydrogen-bond donors (Lipinski definition) is 1. The number of benzene rings is 1. The minimum Gasteiger partial charge on any atom is -0.346 e. The van der Waals surface area contributed by atoms with Crippen molar-refractivity contribution in [3.05, 3.63) is 30.1 Å². The first-order chi connectivity index (χ1) is 13.2. The molecule has 0 aliphatic carbocycles. The molecule has 1 fully saturated rings. The number of unbranched alkanes of at least 4 members (excludes halogenated alkanes) is 1. The number of aromatic nitrogens is 2. The SMILES string of the molecule is CSCC[C@H](NC(=O)CCCC[C@H]1CCSS1)c1nc2ccccc2n1C. The fourth-order valence-electron chi connectivity index (χ4n) is 3.47. The minimum atomic E-state index is -0.0239. The summed E-state index contributed by atoms with van der Waals surface area (Å²) in [6, 6.07) is 8.13. The van der Waals surface area contributed by atoms with Crippen LogP contribution in [-0.2, 0) is 11.8 Å². The third-order valence-electron chi connectivity index (χ3n) is 4.99. The summed E-state index contributed by atoms with van der Waals surface area (Å²) in [6.45, 7) is 0. The average molecular weight is 424 g/mol. The van der Waals surface area contributed by atoms with Gasteiger partial charge >= 0.3 is 0 Å². The van der Waals surface area contributed by atoms with E-state index in [0.717, 1.165) is 47.1 Å². The summed E-state index contributed by atoms with van der Waals surface area (Å²) in [6.07, 6.45) is 8.31. The number of nitrogens with zero attached hydrogens (tertiary/aromatic N) is 2. The van der Waals surface area contributed by atoms with Gasteiger partial charge in [0.25, 0.3) is 0 Å². The van der Waals surface area contributed by atoms with Crippen molar-refractivity contribution < 1.29 is 4.79 Å². The number of thioether (sulfide) groups is 1. The molecule has 4 nitrogen and oxygen atoms in total. The van der Waals surface area contributed by atoms with E-state index in [1.807, 2.05) is 58.6 Å². The van der Waals surface area contributed by atoms with Crippen molar-refractivity contribution in [1.82, 2.24) is 14.9 Å². The molecule has 2 atom stereocenters. The summed E-state index contributed by atoms with van der Waals surface area (Å²) in [7, 11) is 6.06. The lowest BCUT2D eigenvalue weighted by Crippen LogP contribution is -2.30. The molecule has 7 heteroatoms. The lowest BCUT2D eigenvalue weighted by molar-refractivity contribution is -0.122. The number of amides is 1. The highest BCUT2D eigenvalue weighted by Crippen LogP contribution is 2.39. The summed E-state index contributed by atoms with van der Waals surface area (Å²) < 4.78 is 2.12. The third-order valence-corrected chi connectivity index (χ3v) is 8.64. The Morgan fingerprint density at radius 2 is 2.26 bits per heavy atom. The first-order valence-electron chi connectivity index (χ1n) is 9.67. The molecule has 1 N–H and O–H groups in total. The van der Waals surface area contributed by atoms with Gasteiger partial charge in [0.2, 0.25) is 5.91 Å². The van der Waals surface area contributed by atoms with Gasteiger partial charge in [0.15, 0.2) is 0 Å². The molecule has 148 valence electrons. The smallest absolute Gasteiger partial charge is 0.220 e. The van der Waals surface area contributed by atoms with E-state index in [0.29, 0.717) is 6.42 Å². The van der Waals surface area contributed by atoms with E-state index >= 15 is 0 Å². The quantitative estimate of drug-likeness (QED) is 0.420. The number of rotatable bonds is 10. The van der Waals surface area contributed by atoms with Crippen molar-refractivity contribution >= 4 is 50.3 Å². The predicted molar refractivity (Wildman–Crippen MR) is 122 cm³/mol. The molecule has 27 heavy (non-hydrogen) atoms. The molecule has 1 amide bonds. The van der Waals surface area contributed by atoms with Crippen molar-refractivity contribution in [2.75, 3.05) is 17.8 Å². The monoisotopic (exact) mass is 423 g/mol. The molecule has 2 aromatic rings. The van der Waals surface area contributed by atoms with Crippen LogP contribution in [0.25, 0.3) is 11.0 Å². The molecule has 0 bridgehead atoms. The zero-order valence-corrected chi connectivity index (χ0v) is 18.6. The molecule has 1 saturated heterocycles. The Kier molecular flexibility index (Phi) is 8.27. The van der Waals surface area contributed by atoms with Crippen molar-refractivity contribution in [3.8, 4) is 0 Å². The maximum absolute atomic E-state index is 12.5. The van der Waals surface area contributed by atoms with Gasteiger partial charge in [-0.1, -0.05) is 40.1 Å². The van der Waals surface area contributed by atoms with Gasteiger partial charge in [-0.3, -0.25) is 4.79 Å². The number of imidazole rings is 1. The van der Waals surface area contributed by atoms with E-state index in [2.05, 4.69) is 22.2 Å². The second-order valence-electron chi connectivity index (χ2n) is 6.99. The molecular formula is C20H29N3OS3. The van der Waals surface area contributed by atoms with Gasteiger partial charge < -0.3 is 9.88 Å². The molecule has 2 heterocycles. The van der Waals surface area contributed by atoms with E-state index in [9.17, 15) is 4.79 Å². The van der Waals surface area contributed by atoms with Crippen LogP contribution < -0.4 is 5.32 Å². The van der Waals surface area contributed by atoms with Gasteiger partial charge in [0.1, 0.15) is 5.82 Å². The molecule has 1 aliphatic heterocycles. The van der Waals surface area contributed by atoms with Gasteiger partial charge in [-0.05, 0) is 49.8 Å².